The number of hydrogen-bond donors (Lipinski definition) is 1. The van der Waals surface area contributed by atoms with Gasteiger partial charge in [0, 0.05) is 10.4 Å². The number of hydrogen-bond acceptors (Lipinski definition) is 3. The van der Waals surface area contributed by atoms with Crippen LogP contribution in [-0.2, 0) is 0 Å². The fraction of sp³-hybridized carbons (Fsp3) is 0.111. The Kier molecular flexibility index (Phi) is 2.40. The van der Waals surface area contributed by atoms with E-state index in [4.69, 9.17) is 16.0 Å². The second kappa shape index (κ2) is 3.54. The molecule has 0 spiro atoms. The van der Waals surface area contributed by atoms with Crippen LogP contribution in [0, 0.1) is 0 Å². The van der Waals surface area contributed by atoms with E-state index in [1.807, 2.05) is 17.5 Å². The summed E-state index contributed by atoms with van der Waals surface area (Å²) in [5, 5.41) is 12.0. The van der Waals surface area contributed by atoms with Crippen LogP contribution in [0.15, 0.2) is 34.3 Å². The van der Waals surface area contributed by atoms with Gasteiger partial charge in [0.05, 0.1) is 6.26 Å². The minimum atomic E-state index is -0.675. The van der Waals surface area contributed by atoms with Crippen LogP contribution in [0.2, 0.25) is 5.22 Å². The van der Waals surface area contributed by atoms with E-state index in [0.29, 0.717) is 5.56 Å². The van der Waals surface area contributed by atoms with Crippen molar-refractivity contribution in [1.82, 2.24) is 0 Å². The zero-order valence-corrected chi connectivity index (χ0v) is 8.18. The molecule has 2 aromatic rings. The number of furan rings is 1. The highest BCUT2D eigenvalue weighted by Crippen LogP contribution is 2.31. The van der Waals surface area contributed by atoms with E-state index in [0.717, 1.165) is 4.88 Å². The number of thiophene rings is 1. The maximum atomic E-state index is 9.82. The first-order valence-corrected chi connectivity index (χ1v) is 4.99. The Morgan fingerprint density at radius 3 is 2.85 bits per heavy atom. The zero-order valence-electron chi connectivity index (χ0n) is 6.61. The number of halogens is 1. The third-order valence-corrected chi connectivity index (χ3v) is 2.99. The molecule has 0 saturated heterocycles. The van der Waals surface area contributed by atoms with Crippen molar-refractivity contribution < 1.29 is 9.52 Å². The lowest BCUT2D eigenvalue weighted by atomic mass is 10.2. The van der Waals surface area contributed by atoms with Crippen molar-refractivity contribution in [3.8, 4) is 0 Å². The Bertz CT molecular complexity index is 380. The van der Waals surface area contributed by atoms with Crippen LogP contribution < -0.4 is 0 Å². The van der Waals surface area contributed by atoms with E-state index in [9.17, 15) is 5.11 Å². The van der Waals surface area contributed by atoms with Crippen LogP contribution in [0.4, 0.5) is 0 Å². The van der Waals surface area contributed by atoms with Crippen LogP contribution in [0.3, 0.4) is 0 Å². The number of aliphatic hydroxyl groups excluding tert-OH is 1. The van der Waals surface area contributed by atoms with Gasteiger partial charge < -0.3 is 9.52 Å². The monoisotopic (exact) mass is 214 g/mol. The van der Waals surface area contributed by atoms with Gasteiger partial charge in [0.15, 0.2) is 5.22 Å². The van der Waals surface area contributed by atoms with E-state index in [1.165, 1.54) is 17.6 Å². The van der Waals surface area contributed by atoms with Crippen molar-refractivity contribution in [3.63, 3.8) is 0 Å². The quantitative estimate of drug-likeness (QED) is 0.834. The second-order valence-corrected chi connectivity index (χ2v) is 3.89. The molecule has 2 aromatic heterocycles. The normalized spacial score (nSPS) is 13.1. The summed E-state index contributed by atoms with van der Waals surface area (Å²) >= 11 is 7.22. The average molecular weight is 215 g/mol. The molecule has 0 amide bonds. The van der Waals surface area contributed by atoms with E-state index < -0.39 is 6.10 Å². The third-order valence-electron chi connectivity index (χ3n) is 1.75. The Morgan fingerprint density at radius 1 is 1.46 bits per heavy atom. The van der Waals surface area contributed by atoms with Crippen molar-refractivity contribution in [2.24, 2.45) is 0 Å². The Labute approximate surface area is 84.4 Å². The lowest BCUT2D eigenvalue weighted by Gasteiger charge is -2.04. The van der Waals surface area contributed by atoms with Gasteiger partial charge in [0.2, 0.25) is 0 Å². The van der Waals surface area contributed by atoms with Crippen molar-refractivity contribution >= 4 is 22.9 Å². The molecule has 1 unspecified atom stereocenters. The maximum Gasteiger partial charge on any atom is 0.199 e. The second-order valence-electron chi connectivity index (χ2n) is 2.57. The summed E-state index contributed by atoms with van der Waals surface area (Å²) in [5.74, 6) is 0. The molecule has 0 bridgehead atoms. The van der Waals surface area contributed by atoms with Crippen LogP contribution in [0.25, 0.3) is 0 Å². The topological polar surface area (TPSA) is 33.4 Å². The number of rotatable bonds is 2. The van der Waals surface area contributed by atoms with Gasteiger partial charge in [-0.1, -0.05) is 6.07 Å². The molecule has 0 radical (unpaired) electrons. The smallest absolute Gasteiger partial charge is 0.199 e. The molecular formula is C9H7ClO2S. The average Bonchev–Trinajstić information content (AvgIpc) is 2.72. The number of aliphatic hydroxyl groups is 1. The van der Waals surface area contributed by atoms with Gasteiger partial charge in [-0.05, 0) is 29.1 Å². The molecule has 2 nitrogen and oxygen atoms in total. The minimum Gasteiger partial charge on any atom is -0.453 e. The van der Waals surface area contributed by atoms with Gasteiger partial charge >= 0.3 is 0 Å². The summed E-state index contributed by atoms with van der Waals surface area (Å²) in [6, 6.07) is 5.42. The molecule has 4 heteroatoms. The van der Waals surface area contributed by atoms with E-state index in [-0.39, 0.29) is 5.22 Å². The predicted molar refractivity (Wildman–Crippen MR) is 52.1 cm³/mol. The molecule has 68 valence electrons. The first-order valence-electron chi connectivity index (χ1n) is 3.73. The van der Waals surface area contributed by atoms with Crippen molar-refractivity contribution in [2.45, 2.75) is 6.10 Å². The van der Waals surface area contributed by atoms with Crippen LogP contribution >= 0.6 is 22.9 Å². The standard InChI is InChI=1S/C9H7ClO2S/c10-9-6(3-4-12-9)8(11)7-2-1-5-13-7/h1-5,8,11H. The molecule has 0 aliphatic rings. The summed E-state index contributed by atoms with van der Waals surface area (Å²) in [7, 11) is 0. The highest BCUT2D eigenvalue weighted by Gasteiger charge is 2.16. The van der Waals surface area contributed by atoms with Crippen molar-refractivity contribution in [1.29, 1.82) is 0 Å². The molecule has 1 atom stereocenters. The fourth-order valence-electron chi connectivity index (χ4n) is 1.10. The molecule has 0 fully saturated rings. The maximum absolute atomic E-state index is 9.82. The Balaban J connectivity index is 2.33. The van der Waals surface area contributed by atoms with Gasteiger partial charge in [0.25, 0.3) is 0 Å². The molecule has 2 rings (SSSR count). The largest absolute Gasteiger partial charge is 0.453 e. The highest BCUT2D eigenvalue weighted by atomic mass is 35.5. The summed E-state index contributed by atoms with van der Waals surface area (Å²) in [4.78, 5) is 0.864. The molecule has 1 N–H and O–H groups in total. The first kappa shape index (κ1) is 8.81. The summed E-state index contributed by atoms with van der Waals surface area (Å²) in [6.07, 6.45) is 0.792. The zero-order chi connectivity index (χ0) is 9.26. The van der Waals surface area contributed by atoms with Gasteiger partial charge in [-0.15, -0.1) is 11.3 Å². The van der Waals surface area contributed by atoms with Crippen molar-refractivity contribution in [2.75, 3.05) is 0 Å². The Morgan fingerprint density at radius 2 is 2.31 bits per heavy atom. The van der Waals surface area contributed by atoms with E-state index >= 15 is 0 Å². The SMILES string of the molecule is OC(c1cccs1)c1ccoc1Cl. The molecule has 0 aliphatic heterocycles. The van der Waals surface area contributed by atoms with Gasteiger partial charge in [-0.2, -0.15) is 0 Å². The molecule has 2 heterocycles. The van der Waals surface area contributed by atoms with Crippen LogP contribution in [0.1, 0.15) is 16.5 Å². The molecule has 13 heavy (non-hydrogen) atoms. The lowest BCUT2D eigenvalue weighted by Crippen LogP contribution is -1.94. The minimum absolute atomic E-state index is 0.251. The highest BCUT2D eigenvalue weighted by molar-refractivity contribution is 7.10. The summed E-state index contributed by atoms with van der Waals surface area (Å²) < 4.78 is 4.89. The van der Waals surface area contributed by atoms with Gasteiger partial charge in [0.1, 0.15) is 6.10 Å². The summed E-state index contributed by atoms with van der Waals surface area (Å²) in [5.41, 5.74) is 0.615. The van der Waals surface area contributed by atoms with Crippen LogP contribution in [-0.4, -0.2) is 5.11 Å². The molecule has 0 saturated carbocycles. The first-order chi connectivity index (χ1) is 6.29. The molecular weight excluding hydrogens is 208 g/mol. The van der Waals surface area contributed by atoms with Gasteiger partial charge in [-0.3, -0.25) is 0 Å². The lowest BCUT2D eigenvalue weighted by molar-refractivity contribution is 0.223. The molecule has 0 aliphatic carbocycles. The van der Waals surface area contributed by atoms with Crippen LogP contribution in [0.5, 0.6) is 0 Å². The van der Waals surface area contributed by atoms with E-state index in [1.54, 1.807) is 6.07 Å². The van der Waals surface area contributed by atoms with Crippen molar-refractivity contribution in [3.05, 3.63) is 45.5 Å². The summed E-state index contributed by atoms with van der Waals surface area (Å²) in [6.45, 7) is 0. The fourth-order valence-corrected chi connectivity index (χ4v) is 2.04. The Hall–Kier alpha value is -0.770. The van der Waals surface area contributed by atoms with E-state index in [2.05, 4.69) is 0 Å². The molecule has 0 aromatic carbocycles. The third kappa shape index (κ3) is 1.63. The van der Waals surface area contributed by atoms with Gasteiger partial charge in [-0.25, -0.2) is 0 Å². The predicted octanol–water partition coefficient (Wildman–Crippen LogP) is 3.08.